The van der Waals surface area contributed by atoms with Crippen LogP contribution in [-0.4, -0.2) is 32.8 Å². The van der Waals surface area contributed by atoms with E-state index >= 15 is 0 Å². The Morgan fingerprint density at radius 3 is 1.45 bits per heavy atom. The summed E-state index contributed by atoms with van der Waals surface area (Å²) in [6.07, 6.45) is 21.7. The molecule has 0 aliphatic heterocycles. The molecule has 0 amide bonds. The minimum atomic E-state index is -3.77. The molecule has 2 N–H and O–H groups in total. The van der Waals surface area contributed by atoms with Crippen LogP contribution in [0.25, 0.3) is 0 Å². The lowest BCUT2D eigenvalue weighted by Gasteiger charge is -2.18. The summed E-state index contributed by atoms with van der Waals surface area (Å²) >= 11 is 0. The van der Waals surface area contributed by atoms with Gasteiger partial charge in [0.05, 0.1) is 13.2 Å². The van der Waals surface area contributed by atoms with Gasteiger partial charge >= 0.3 is 10.3 Å². The van der Waals surface area contributed by atoms with E-state index in [4.69, 9.17) is 9.29 Å². The highest BCUT2D eigenvalue weighted by Crippen LogP contribution is 2.16. The molecule has 0 heterocycles. The molecule has 0 bridgehead atoms. The maximum absolute atomic E-state index is 12.0. The van der Waals surface area contributed by atoms with Gasteiger partial charge in [0.1, 0.15) is 0 Å². The third kappa shape index (κ3) is 20.9. The van der Waals surface area contributed by atoms with Crippen molar-refractivity contribution in [2.45, 2.75) is 135 Å². The fraction of sp³-hybridized carbons (Fsp3) is 1.00. The smallest absolute Gasteiger partial charge is 0.336 e. The van der Waals surface area contributed by atoms with Crippen LogP contribution in [0.4, 0.5) is 0 Å². The molecule has 0 aromatic heterocycles. The minimum Gasteiger partial charge on any atom is -0.394 e. The molecule has 5 nitrogen and oxygen atoms in total. The minimum absolute atomic E-state index is 0.0566. The van der Waals surface area contributed by atoms with Crippen LogP contribution < -0.4 is 4.72 Å². The zero-order chi connectivity index (χ0) is 21.6. The Morgan fingerprint density at radius 1 is 0.690 bits per heavy atom. The Balaban J connectivity index is 4.09. The van der Waals surface area contributed by atoms with Crippen molar-refractivity contribution in [3.05, 3.63) is 0 Å². The van der Waals surface area contributed by atoms with Gasteiger partial charge in [-0.25, -0.2) is 0 Å². The van der Waals surface area contributed by atoms with Gasteiger partial charge < -0.3 is 5.11 Å². The van der Waals surface area contributed by atoms with Crippen molar-refractivity contribution in [1.82, 2.24) is 4.72 Å². The first-order chi connectivity index (χ1) is 14.1. The second-order valence-electron chi connectivity index (χ2n) is 8.34. The van der Waals surface area contributed by atoms with Crippen LogP contribution in [-0.2, 0) is 14.5 Å². The lowest BCUT2D eigenvalue weighted by Crippen LogP contribution is -2.36. The average molecular weight is 436 g/mol. The molecule has 0 aliphatic rings. The molecule has 29 heavy (non-hydrogen) atoms. The van der Waals surface area contributed by atoms with Gasteiger partial charge in [0, 0.05) is 6.04 Å². The number of hydrogen-bond acceptors (Lipinski definition) is 4. The van der Waals surface area contributed by atoms with Crippen LogP contribution in [0, 0.1) is 0 Å². The van der Waals surface area contributed by atoms with Crippen molar-refractivity contribution in [3.63, 3.8) is 0 Å². The first kappa shape index (κ1) is 28.8. The molecule has 0 aliphatic carbocycles. The highest BCUT2D eigenvalue weighted by molar-refractivity contribution is 7.84. The summed E-state index contributed by atoms with van der Waals surface area (Å²) in [5.74, 6) is 0. The number of aliphatic hydroxyl groups excluding tert-OH is 1. The van der Waals surface area contributed by atoms with Crippen LogP contribution in [0.15, 0.2) is 0 Å². The third-order valence-electron chi connectivity index (χ3n) is 5.45. The van der Waals surface area contributed by atoms with Gasteiger partial charge in [-0.05, 0) is 12.8 Å². The molecule has 0 saturated heterocycles. The predicted molar refractivity (Wildman–Crippen MR) is 123 cm³/mol. The Morgan fingerprint density at radius 2 is 1.07 bits per heavy atom. The zero-order valence-electron chi connectivity index (χ0n) is 19.3. The van der Waals surface area contributed by atoms with Crippen molar-refractivity contribution >= 4 is 10.3 Å². The molecule has 0 saturated carbocycles. The first-order valence-corrected chi connectivity index (χ1v) is 13.7. The molecule has 6 heteroatoms. The Labute approximate surface area is 181 Å². The summed E-state index contributed by atoms with van der Waals surface area (Å²) in [4.78, 5) is 0. The van der Waals surface area contributed by atoms with Crippen LogP contribution in [0.3, 0.4) is 0 Å². The van der Waals surface area contributed by atoms with Gasteiger partial charge in [-0.2, -0.15) is 13.1 Å². The number of hydrogen-bond donors (Lipinski definition) is 2. The molecule has 0 rings (SSSR count). The largest absolute Gasteiger partial charge is 0.394 e. The summed E-state index contributed by atoms with van der Waals surface area (Å²) in [7, 11) is -3.77. The fourth-order valence-electron chi connectivity index (χ4n) is 3.70. The normalized spacial score (nSPS) is 12.1. The van der Waals surface area contributed by atoms with Crippen LogP contribution in [0.5, 0.6) is 0 Å². The quantitative estimate of drug-likeness (QED) is 0.186. The molecular weight excluding hydrogens is 386 g/mol. The second-order valence-corrected chi connectivity index (χ2v) is 9.72. The molecular formula is C23H49NO4S. The van der Waals surface area contributed by atoms with Gasteiger partial charge in [-0.3, -0.25) is 4.18 Å². The van der Waals surface area contributed by atoms with E-state index in [0.29, 0.717) is 0 Å². The van der Waals surface area contributed by atoms with Crippen LogP contribution >= 0.6 is 0 Å². The van der Waals surface area contributed by atoms with Crippen molar-refractivity contribution in [1.29, 1.82) is 0 Å². The van der Waals surface area contributed by atoms with E-state index < -0.39 is 10.3 Å². The van der Waals surface area contributed by atoms with Crippen molar-refractivity contribution in [2.75, 3.05) is 13.2 Å². The molecule has 176 valence electrons. The van der Waals surface area contributed by atoms with E-state index in [1.54, 1.807) is 0 Å². The van der Waals surface area contributed by atoms with Crippen molar-refractivity contribution in [2.24, 2.45) is 0 Å². The summed E-state index contributed by atoms with van der Waals surface area (Å²) in [6.45, 7) is 4.00. The first-order valence-electron chi connectivity index (χ1n) is 12.3. The van der Waals surface area contributed by atoms with Crippen molar-refractivity contribution < 1.29 is 17.7 Å². The molecule has 0 radical (unpaired) electrons. The lowest BCUT2D eigenvalue weighted by molar-refractivity contribution is 0.201. The molecule has 0 atom stereocenters. The molecule has 0 unspecified atom stereocenters. The maximum Gasteiger partial charge on any atom is 0.336 e. The Bertz CT molecular complexity index is 409. The fourth-order valence-corrected chi connectivity index (χ4v) is 4.70. The van der Waals surface area contributed by atoms with E-state index in [1.165, 1.54) is 89.9 Å². The number of unbranched alkanes of at least 4 members (excludes halogenated alkanes) is 14. The number of rotatable bonds is 23. The van der Waals surface area contributed by atoms with Crippen LogP contribution in [0.1, 0.15) is 129 Å². The summed E-state index contributed by atoms with van der Waals surface area (Å²) in [5.41, 5.74) is 0. The summed E-state index contributed by atoms with van der Waals surface area (Å²) in [6, 6.07) is -0.0566. The van der Waals surface area contributed by atoms with Gasteiger partial charge in [-0.1, -0.05) is 117 Å². The van der Waals surface area contributed by atoms with Crippen molar-refractivity contribution in [3.8, 4) is 0 Å². The van der Waals surface area contributed by atoms with E-state index in [0.717, 1.165) is 25.7 Å². The Kier molecular flexibility index (Phi) is 21.0. The topological polar surface area (TPSA) is 75.6 Å². The predicted octanol–water partition coefficient (Wildman–Crippen LogP) is 6.26. The third-order valence-corrected chi connectivity index (χ3v) is 6.55. The van der Waals surface area contributed by atoms with Crippen LogP contribution in [0.2, 0.25) is 0 Å². The average Bonchev–Trinajstić information content (AvgIpc) is 2.70. The highest BCUT2D eigenvalue weighted by Gasteiger charge is 2.18. The SMILES string of the molecule is CCCCCCCCCCC(CCCCCCCCCC)NS(=O)(=O)OCCO. The molecule has 0 fully saturated rings. The summed E-state index contributed by atoms with van der Waals surface area (Å²) in [5, 5.41) is 8.80. The number of nitrogens with one attached hydrogen (secondary N) is 1. The monoisotopic (exact) mass is 435 g/mol. The Hall–Kier alpha value is -0.170. The van der Waals surface area contributed by atoms with Gasteiger partial charge in [0.15, 0.2) is 0 Å². The maximum atomic E-state index is 12.0. The molecule has 0 aromatic rings. The van der Waals surface area contributed by atoms with E-state index in [-0.39, 0.29) is 19.3 Å². The zero-order valence-corrected chi connectivity index (χ0v) is 20.1. The van der Waals surface area contributed by atoms with E-state index in [9.17, 15) is 8.42 Å². The molecule has 0 aromatic carbocycles. The number of aliphatic hydroxyl groups is 1. The standard InChI is InChI=1S/C23H49NO4S/c1-3-5-7-9-11-13-15-17-19-23(24-29(26,27)28-22-21-25)20-18-16-14-12-10-8-6-4-2/h23-25H,3-22H2,1-2H3. The molecule has 0 spiro atoms. The summed E-state index contributed by atoms with van der Waals surface area (Å²) < 4.78 is 31.5. The van der Waals surface area contributed by atoms with E-state index in [2.05, 4.69) is 18.6 Å². The van der Waals surface area contributed by atoms with E-state index in [1.807, 2.05) is 0 Å². The van der Waals surface area contributed by atoms with Gasteiger partial charge in [0.25, 0.3) is 0 Å². The highest BCUT2D eigenvalue weighted by atomic mass is 32.2. The van der Waals surface area contributed by atoms with Gasteiger partial charge in [0.2, 0.25) is 0 Å². The van der Waals surface area contributed by atoms with Gasteiger partial charge in [-0.15, -0.1) is 0 Å². The second kappa shape index (κ2) is 21.1. The lowest BCUT2D eigenvalue weighted by atomic mass is 10.0.